The molecule has 0 spiro atoms. The SMILES string of the molecule is CC(C)NC(C)(C#N)CCN(C)CCC(F)(F)F. The number of halogens is 3. The van der Waals surface area contributed by atoms with Crippen LogP contribution in [0.3, 0.4) is 0 Å². The zero-order valence-electron chi connectivity index (χ0n) is 11.4. The van der Waals surface area contributed by atoms with Crippen molar-refractivity contribution < 1.29 is 13.2 Å². The monoisotopic (exact) mass is 265 g/mol. The summed E-state index contributed by atoms with van der Waals surface area (Å²) in [6.07, 6.45) is -4.44. The van der Waals surface area contributed by atoms with Gasteiger partial charge in [-0.25, -0.2) is 0 Å². The standard InChI is InChI=1S/C12H22F3N3/c1-10(2)17-11(3,9-16)5-7-18(4)8-6-12(13,14)15/h10,17H,5-8H2,1-4H3. The van der Waals surface area contributed by atoms with E-state index >= 15 is 0 Å². The van der Waals surface area contributed by atoms with Crippen molar-refractivity contribution in [2.75, 3.05) is 20.1 Å². The molecule has 1 atom stereocenters. The van der Waals surface area contributed by atoms with E-state index < -0.39 is 18.1 Å². The van der Waals surface area contributed by atoms with E-state index in [0.29, 0.717) is 13.0 Å². The Morgan fingerprint density at radius 1 is 1.22 bits per heavy atom. The maximum absolute atomic E-state index is 12.0. The molecule has 0 radical (unpaired) electrons. The molecule has 0 aliphatic heterocycles. The summed E-state index contributed by atoms with van der Waals surface area (Å²) >= 11 is 0. The van der Waals surface area contributed by atoms with Crippen molar-refractivity contribution >= 4 is 0 Å². The maximum atomic E-state index is 12.0. The summed E-state index contributed by atoms with van der Waals surface area (Å²) in [4.78, 5) is 1.60. The van der Waals surface area contributed by atoms with E-state index in [1.165, 1.54) is 0 Å². The average molecular weight is 265 g/mol. The molecule has 1 unspecified atom stereocenters. The molecular formula is C12H22F3N3. The lowest BCUT2D eigenvalue weighted by atomic mass is 9.98. The van der Waals surface area contributed by atoms with Gasteiger partial charge in [-0.05, 0) is 34.2 Å². The van der Waals surface area contributed by atoms with Gasteiger partial charge in [0.25, 0.3) is 0 Å². The Balaban J connectivity index is 4.10. The van der Waals surface area contributed by atoms with Crippen molar-refractivity contribution in [1.29, 1.82) is 5.26 Å². The summed E-state index contributed by atoms with van der Waals surface area (Å²) in [6.45, 7) is 6.06. The molecule has 0 aromatic heterocycles. The van der Waals surface area contributed by atoms with Gasteiger partial charge in [0.2, 0.25) is 0 Å². The molecule has 0 heterocycles. The van der Waals surface area contributed by atoms with Gasteiger partial charge < -0.3 is 4.90 Å². The molecule has 0 rings (SSSR count). The van der Waals surface area contributed by atoms with Crippen LogP contribution in [0.2, 0.25) is 0 Å². The molecule has 0 aromatic carbocycles. The fraction of sp³-hybridized carbons (Fsp3) is 0.917. The van der Waals surface area contributed by atoms with Crippen LogP contribution in [0.4, 0.5) is 13.2 Å². The number of nitrogens with one attached hydrogen (secondary N) is 1. The fourth-order valence-electron chi connectivity index (χ4n) is 1.64. The molecule has 1 N–H and O–H groups in total. The van der Waals surface area contributed by atoms with E-state index in [4.69, 9.17) is 5.26 Å². The largest absolute Gasteiger partial charge is 0.390 e. The normalized spacial score (nSPS) is 15.8. The predicted octanol–water partition coefficient (Wildman–Crippen LogP) is 2.54. The first-order chi connectivity index (χ1) is 8.08. The Labute approximate surface area is 107 Å². The highest BCUT2D eigenvalue weighted by Crippen LogP contribution is 2.19. The lowest BCUT2D eigenvalue weighted by molar-refractivity contribution is -0.137. The molecular weight excluding hydrogens is 243 g/mol. The Morgan fingerprint density at radius 2 is 1.72 bits per heavy atom. The Bertz CT molecular complexity index is 283. The molecule has 0 aliphatic rings. The third-order valence-electron chi connectivity index (χ3n) is 2.62. The quantitative estimate of drug-likeness (QED) is 0.769. The third-order valence-corrected chi connectivity index (χ3v) is 2.62. The maximum Gasteiger partial charge on any atom is 0.390 e. The van der Waals surface area contributed by atoms with Crippen LogP contribution >= 0.6 is 0 Å². The highest BCUT2D eigenvalue weighted by Gasteiger charge is 2.28. The van der Waals surface area contributed by atoms with E-state index in [1.54, 1.807) is 18.9 Å². The van der Waals surface area contributed by atoms with E-state index in [1.807, 2.05) is 13.8 Å². The molecule has 0 fully saturated rings. The molecule has 18 heavy (non-hydrogen) atoms. The molecule has 6 heteroatoms. The van der Waals surface area contributed by atoms with Gasteiger partial charge in [0, 0.05) is 19.1 Å². The first kappa shape index (κ1) is 17.2. The minimum atomic E-state index is -4.12. The van der Waals surface area contributed by atoms with Crippen LogP contribution in [0.25, 0.3) is 0 Å². The zero-order chi connectivity index (χ0) is 14.4. The number of nitriles is 1. The minimum absolute atomic E-state index is 0.0350. The topological polar surface area (TPSA) is 39.1 Å². The summed E-state index contributed by atoms with van der Waals surface area (Å²) in [5, 5.41) is 12.2. The second-order valence-electron chi connectivity index (χ2n) is 5.16. The number of hydrogen-bond donors (Lipinski definition) is 1. The van der Waals surface area contributed by atoms with Crippen molar-refractivity contribution in [3.8, 4) is 6.07 Å². The summed E-state index contributed by atoms with van der Waals surface area (Å²) in [6, 6.07) is 2.34. The van der Waals surface area contributed by atoms with Crippen LogP contribution in [0.15, 0.2) is 0 Å². The molecule has 0 bridgehead atoms. The molecule has 0 aliphatic carbocycles. The smallest absolute Gasteiger partial charge is 0.306 e. The van der Waals surface area contributed by atoms with Gasteiger partial charge in [-0.1, -0.05) is 0 Å². The van der Waals surface area contributed by atoms with E-state index in [-0.39, 0.29) is 12.6 Å². The van der Waals surface area contributed by atoms with Gasteiger partial charge >= 0.3 is 6.18 Å². The van der Waals surface area contributed by atoms with Crippen LogP contribution in [0.1, 0.15) is 33.6 Å². The Kier molecular flexibility index (Phi) is 6.64. The van der Waals surface area contributed by atoms with E-state index in [0.717, 1.165) is 0 Å². The zero-order valence-corrected chi connectivity index (χ0v) is 11.4. The van der Waals surface area contributed by atoms with Crippen molar-refractivity contribution in [3.63, 3.8) is 0 Å². The van der Waals surface area contributed by atoms with Gasteiger partial charge in [-0.3, -0.25) is 5.32 Å². The van der Waals surface area contributed by atoms with Crippen LogP contribution in [-0.2, 0) is 0 Å². The molecule has 3 nitrogen and oxygen atoms in total. The van der Waals surface area contributed by atoms with E-state index in [2.05, 4.69) is 11.4 Å². The van der Waals surface area contributed by atoms with Crippen LogP contribution in [0, 0.1) is 11.3 Å². The summed E-state index contributed by atoms with van der Waals surface area (Å²) in [7, 11) is 1.64. The lowest BCUT2D eigenvalue weighted by Crippen LogP contribution is -2.47. The second kappa shape index (κ2) is 6.95. The first-order valence-corrected chi connectivity index (χ1v) is 6.02. The van der Waals surface area contributed by atoms with Crippen molar-refractivity contribution in [2.24, 2.45) is 0 Å². The van der Waals surface area contributed by atoms with Gasteiger partial charge in [0.05, 0.1) is 12.5 Å². The minimum Gasteiger partial charge on any atom is -0.306 e. The van der Waals surface area contributed by atoms with Crippen LogP contribution in [-0.4, -0.2) is 42.8 Å². The number of nitrogens with zero attached hydrogens (tertiary/aromatic N) is 2. The molecule has 106 valence electrons. The highest BCUT2D eigenvalue weighted by atomic mass is 19.4. The molecule has 0 aromatic rings. The van der Waals surface area contributed by atoms with Crippen LogP contribution in [0.5, 0.6) is 0 Å². The fourth-order valence-corrected chi connectivity index (χ4v) is 1.64. The van der Waals surface area contributed by atoms with E-state index in [9.17, 15) is 13.2 Å². The number of rotatable bonds is 7. The Hall–Kier alpha value is -0.800. The van der Waals surface area contributed by atoms with Crippen LogP contribution < -0.4 is 5.32 Å². The van der Waals surface area contributed by atoms with Gasteiger partial charge in [0.1, 0.15) is 5.54 Å². The molecule has 0 saturated heterocycles. The summed E-state index contributed by atoms with van der Waals surface area (Å²) in [5.74, 6) is 0. The highest BCUT2D eigenvalue weighted by molar-refractivity contribution is 5.04. The number of alkyl halides is 3. The van der Waals surface area contributed by atoms with Gasteiger partial charge in [-0.2, -0.15) is 18.4 Å². The summed E-state index contributed by atoms with van der Waals surface area (Å²) in [5.41, 5.74) is -0.694. The predicted molar refractivity (Wildman–Crippen MR) is 65.1 cm³/mol. The first-order valence-electron chi connectivity index (χ1n) is 6.02. The van der Waals surface area contributed by atoms with Crippen molar-refractivity contribution in [2.45, 2.75) is 51.4 Å². The van der Waals surface area contributed by atoms with Crippen molar-refractivity contribution in [3.05, 3.63) is 0 Å². The number of hydrogen-bond acceptors (Lipinski definition) is 3. The lowest BCUT2D eigenvalue weighted by Gasteiger charge is -2.28. The third kappa shape index (κ3) is 8.31. The average Bonchev–Trinajstić information content (AvgIpc) is 2.21. The summed E-state index contributed by atoms with van der Waals surface area (Å²) < 4.78 is 36.1. The van der Waals surface area contributed by atoms with Gasteiger partial charge in [-0.15, -0.1) is 0 Å². The molecule has 0 amide bonds. The van der Waals surface area contributed by atoms with Crippen molar-refractivity contribution in [1.82, 2.24) is 10.2 Å². The van der Waals surface area contributed by atoms with Gasteiger partial charge in [0.15, 0.2) is 0 Å². The Morgan fingerprint density at radius 3 is 2.11 bits per heavy atom. The second-order valence-corrected chi connectivity index (χ2v) is 5.16. The molecule has 0 saturated carbocycles.